The minimum Gasteiger partial charge on any atom is -0.440 e. The van der Waals surface area contributed by atoms with Crippen LogP contribution in [0.15, 0.2) is 83.6 Å². The van der Waals surface area contributed by atoms with Gasteiger partial charge in [0.2, 0.25) is 11.8 Å². The van der Waals surface area contributed by atoms with E-state index in [9.17, 15) is 10.5 Å². The van der Waals surface area contributed by atoms with Gasteiger partial charge >= 0.3 is 0 Å². The van der Waals surface area contributed by atoms with Crippen LogP contribution in [0.3, 0.4) is 0 Å². The zero-order chi connectivity index (χ0) is 30.0. The van der Waals surface area contributed by atoms with E-state index in [-0.39, 0.29) is 23.6 Å². The third-order valence-electron chi connectivity index (χ3n) is 8.27. The predicted molar refractivity (Wildman–Crippen MR) is 165 cm³/mol. The van der Waals surface area contributed by atoms with Gasteiger partial charge in [0.15, 0.2) is 0 Å². The molecule has 2 aliphatic heterocycles. The Hall–Kier alpha value is -5.08. The molecule has 0 spiro atoms. The third-order valence-corrected chi connectivity index (χ3v) is 8.27. The van der Waals surface area contributed by atoms with Gasteiger partial charge in [-0.1, -0.05) is 36.4 Å². The van der Waals surface area contributed by atoms with E-state index in [0.29, 0.717) is 22.6 Å². The van der Waals surface area contributed by atoms with Crippen LogP contribution in [0.4, 0.5) is 11.4 Å². The fourth-order valence-electron chi connectivity index (χ4n) is 6.03. The van der Waals surface area contributed by atoms with E-state index < -0.39 is 0 Å². The van der Waals surface area contributed by atoms with Crippen LogP contribution in [0, 0.1) is 22.7 Å². The molecule has 2 heterocycles. The lowest BCUT2D eigenvalue weighted by Gasteiger charge is -2.30. The minimum absolute atomic E-state index is 0.112. The van der Waals surface area contributed by atoms with Crippen molar-refractivity contribution >= 4 is 11.4 Å². The summed E-state index contributed by atoms with van der Waals surface area (Å²) < 4.78 is 11.9. The summed E-state index contributed by atoms with van der Waals surface area (Å²) in [5.74, 6) is 0.757. The van der Waals surface area contributed by atoms with Gasteiger partial charge in [0.1, 0.15) is 34.8 Å². The first kappa shape index (κ1) is 28.4. The Balaban J connectivity index is 1.55. The Morgan fingerprint density at radius 1 is 0.619 bits per heavy atom. The number of hydrogen-bond acceptors (Lipinski definition) is 8. The molecule has 0 aromatic heterocycles. The summed E-state index contributed by atoms with van der Waals surface area (Å²) in [4.78, 5) is 4.46. The Morgan fingerprint density at radius 2 is 0.976 bits per heavy atom. The summed E-state index contributed by atoms with van der Waals surface area (Å²) in [5.41, 5.74) is 18.9. The van der Waals surface area contributed by atoms with Gasteiger partial charge in [-0.05, 0) is 51.0 Å². The third kappa shape index (κ3) is 4.86. The molecule has 0 unspecified atom stereocenters. The van der Waals surface area contributed by atoms with Gasteiger partial charge in [-0.25, -0.2) is 0 Å². The van der Waals surface area contributed by atoms with Crippen molar-refractivity contribution in [1.82, 2.24) is 0 Å². The summed E-state index contributed by atoms with van der Waals surface area (Å²) in [6.07, 6.45) is 0. The fraction of sp³-hybridized carbons (Fsp3) is 0.294. The molecule has 3 aromatic rings. The highest BCUT2D eigenvalue weighted by Gasteiger charge is 2.33. The van der Waals surface area contributed by atoms with Crippen molar-refractivity contribution < 1.29 is 9.47 Å². The molecule has 2 atom stereocenters. The van der Waals surface area contributed by atoms with Crippen LogP contribution in [-0.4, -0.2) is 26.2 Å². The van der Waals surface area contributed by atoms with Gasteiger partial charge in [-0.2, -0.15) is 10.5 Å². The largest absolute Gasteiger partial charge is 0.440 e. The molecule has 0 amide bonds. The molecule has 5 rings (SSSR count). The van der Waals surface area contributed by atoms with Crippen molar-refractivity contribution in [3.8, 4) is 23.6 Å². The highest BCUT2D eigenvalue weighted by Crippen LogP contribution is 2.46. The number of nitriles is 2. The second kappa shape index (κ2) is 11.8. The normalized spacial score (nSPS) is 17.3. The highest BCUT2D eigenvalue weighted by molar-refractivity contribution is 5.64. The first-order valence-electron chi connectivity index (χ1n) is 14.4. The maximum absolute atomic E-state index is 10.0. The molecule has 0 saturated carbocycles. The van der Waals surface area contributed by atoms with Crippen LogP contribution in [0.2, 0.25) is 0 Å². The quantitative estimate of drug-likeness (QED) is 0.353. The van der Waals surface area contributed by atoms with Crippen LogP contribution in [0.1, 0.15) is 61.8 Å². The summed E-state index contributed by atoms with van der Waals surface area (Å²) in [6.45, 7) is 11.9. The summed E-state index contributed by atoms with van der Waals surface area (Å²) >= 11 is 0. The van der Waals surface area contributed by atoms with Crippen molar-refractivity contribution in [3.63, 3.8) is 0 Å². The molecule has 214 valence electrons. The Morgan fingerprint density at radius 3 is 1.29 bits per heavy atom. The Labute approximate surface area is 247 Å². The average Bonchev–Trinajstić information content (AvgIpc) is 3.01. The molecule has 42 heavy (non-hydrogen) atoms. The molecular formula is C34H36N6O2. The van der Waals surface area contributed by atoms with E-state index in [4.69, 9.17) is 20.9 Å². The van der Waals surface area contributed by atoms with Crippen molar-refractivity contribution in [2.45, 2.75) is 39.5 Å². The smallest absolute Gasteiger partial charge is 0.205 e. The van der Waals surface area contributed by atoms with Crippen LogP contribution >= 0.6 is 0 Å². The van der Waals surface area contributed by atoms with Gasteiger partial charge in [0.25, 0.3) is 0 Å². The highest BCUT2D eigenvalue weighted by atomic mass is 16.5. The molecule has 0 fully saturated rings. The number of anilines is 2. The second-order valence-electron chi connectivity index (χ2n) is 10.3. The average molecular weight is 561 g/mol. The van der Waals surface area contributed by atoms with Crippen molar-refractivity contribution in [2.24, 2.45) is 11.5 Å². The second-order valence-corrected chi connectivity index (χ2v) is 10.3. The number of ether oxygens (including phenoxy) is 2. The maximum Gasteiger partial charge on any atom is 0.205 e. The van der Waals surface area contributed by atoms with Crippen LogP contribution in [0.5, 0.6) is 11.5 Å². The minimum atomic E-state index is -0.381. The molecule has 2 aliphatic rings. The van der Waals surface area contributed by atoms with Crippen LogP contribution < -0.4 is 30.7 Å². The lowest BCUT2D eigenvalue weighted by molar-refractivity contribution is 0.393. The maximum atomic E-state index is 10.0. The number of hydrogen-bond donors (Lipinski definition) is 2. The first-order chi connectivity index (χ1) is 20.4. The molecule has 3 aromatic carbocycles. The first-order valence-corrected chi connectivity index (χ1v) is 14.4. The van der Waals surface area contributed by atoms with Crippen molar-refractivity contribution in [3.05, 3.63) is 106 Å². The van der Waals surface area contributed by atoms with E-state index in [1.165, 1.54) is 0 Å². The SMILES string of the molecule is CCN(CC)c1ccc2c(c1)OC(N)=C(C#N)[C@@H]2c1ccc([C@H]2C(C#N)=C(N)Oc3cc(N(CC)CC)ccc32)cc1. The number of rotatable bonds is 8. The van der Waals surface area contributed by atoms with Gasteiger partial charge in [-0.15, -0.1) is 0 Å². The lowest BCUT2D eigenvalue weighted by atomic mass is 9.80. The van der Waals surface area contributed by atoms with E-state index in [1.807, 2.05) is 48.5 Å². The van der Waals surface area contributed by atoms with E-state index in [0.717, 1.165) is 59.8 Å². The molecule has 0 radical (unpaired) electrons. The van der Waals surface area contributed by atoms with Crippen molar-refractivity contribution in [2.75, 3.05) is 36.0 Å². The number of benzene rings is 3. The van der Waals surface area contributed by atoms with Gasteiger partial charge in [0.05, 0.1) is 11.8 Å². The summed E-state index contributed by atoms with van der Waals surface area (Å²) in [6, 6.07) is 24.6. The molecular weight excluding hydrogens is 524 g/mol. The van der Waals surface area contributed by atoms with Gasteiger partial charge in [-0.3, -0.25) is 0 Å². The van der Waals surface area contributed by atoms with Crippen LogP contribution in [-0.2, 0) is 0 Å². The Kier molecular flexibility index (Phi) is 7.99. The summed E-state index contributed by atoms with van der Waals surface area (Å²) in [7, 11) is 0. The standard InChI is InChI=1S/C34H36N6O2/c1-5-39(6-2)23-13-15-25-29(17-23)41-33(37)27(19-35)31(25)21-9-11-22(12-10-21)32-26-16-14-24(40(7-3)8-4)18-30(26)42-34(38)28(32)20-36/h9-18,31-32H,5-8,37-38H2,1-4H3/t31-,32-/m1/s1. The molecule has 0 saturated heterocycles. The van der Waals surface area contributed by atoms with Crippen molar-refractivity contribution in [1.29, 1.82) is 10.5 Å². The number of allylic oxidation sites excluding steroid dienone is 2. The zero-order valence-electron chi connectivity index (χ0n) is 24.5. The summed E-state index contributed by atoms with van der Waals surface area (Å²) in [5, 5.41) is 20.1. The molecule has 8 nitrogen and oxygen atoms in total. The monoisotopic (exact) mass is 560 g/mol. The molecule has 0 bridgehead atoms. The molecule has 8 heteroatoms. The van der Waals surface area contributed by atoms with Crippen LogP contribution in [0.25, 0.3) is 0 Å². The predicted octanol–water partition coefficient (Wildman–Crippen LogP) is 5.82. The van der Waals surface area contributed by atoms with E-state index in [1.54, 1.807) is 0 Å². The van der Waals surface area contributed by atoms with E-state index >= 15 is 0 Å². The van der Waals surface area contributed by atoms with E-state index in [2.05, 4.69) is 61.8 Å². The lowest BCUT2D eigenvalue weighted by Crippen LogP contribution is -2.24. The topological polar surface area (TPSA) is 125 Å². The fourth-order valence-corrected chi connectivity index (χ4v) is 6.03. The van der Waals surface area contributed by atoms with Gasteiger partial charge in [0, 0.05) is 60.8 Å². The van der Waals surface area contributed by atoms with Gasteiger partial charge < -0.3 is 30.7 Å². The molecule has 4 N–H and O–H groups in total. The Bertz CT molecular complexity index is 1510. The zero-order valence-corrected chi connectivity index (χ0v) is 24.5. The number of nitrogens with two attached hydrogens (primary N) is 2. The number of nitrogens with zero attached hydrogens (tertiary/aromatic N) is 4. The number of fused-ring (bicyclic) bond motifs is 2. The molecule has 0 aliphatic carbocycles.